The number of rotatable bonds is 5. The molecule has 3 heterocycles. The van der Waals surface area contributed by atoms with Gasteiger partial charge in [0.05, 0.1) is 13.2 Å². The van der Waals surface area contributed by atoms with Crippen molar-refractivity contribution in [2.24, 2.45) is 0 Å². The number of aliphatic hydroxyl groups is 5. The quantitative estimate of drug-likeness (QED) is 0.239. The van der Waals surface area contributed by atoms with Gasteiger partial charge in [-0.3, -0.25) is 4.55 Å². The van der Waals surface area contributed by atoms with Gasteiger partial charge in [0, 0.05) is 0 Å². The van der Waals surface area contributed by atoms with Crippen molar-refractivity contribution in [3.63, 3.8) is 0 Å². The normalized spacial score (nSPS) is 49.3. The summed E-state index contributed by atoms with van der Waals surface area (Å²) in [5.41, 5.74) is 0. The fourth-order valence-corrected chi connectivity index (χ4v) is 3.65. The van der Waals surface area contributed by atoms with Crippen molar-refractivity contribution in [3.8, 4) is 0 Å². The maximum atomic E-state index is 10.9. The minimum absolute atomic E-state index is 0.116. The van der Waals surface area contributed by atoms with Crippen LogP contribution in [0.1, 0.15) is 0 Å². The van der Waals surface area contributed by atoms with Crippen molar-refractivity contribution < 1.29 is 61.6 Å². The van der Waals surface area contributed by atoms with Crippen LogP contribution in [-0.4, -0.2) is 113 Å². The van der Waals surface area contributed by atoms with E-state index >= 15 is 0 Å². The van der Waals surface area contributed by atoms with Crippen LogP contribution in [0.4, 0.5) is 0 Å². The van der Waals surface area contributed by atoms with Crippen molar-refractivity contribution in [1.82, 2.24) is 0 Å². The molecule has 3 fully saturated rings. The van der Waals surface area contributed by atoms with Gasteiger partial charge in [0.25, 0.3) is 0 Å². The molecule has 0 radical (unpaired) electrons. The van der Waals surface area contributed by atoms with E-state index in [1.165, 1.54) is 0 Å². The second-order valence-electron chi connectivity index (χ2n) is 6.15. The lowest BCUT2D eigenvalue weighted by atomic mass is 9.98. The van der Waals surface area contributed by atoms with Gasteiger partial charge in [0.15, 0.2) is 18.7 Å². The summed E-state index contributed by atoms with van der Waals surface area (Å²) < 4.78 is 56.2. The maximum Gasteiger partial charge on any atom is 0.397 e. The first kappa shape index (κ1) is 20.2. The van der Waals surface area contributed by atoms with Crippen LogP contribution < -0.4 is 0 Å². The molecule has 0 aromatic rings. The summed E-state index contributed by atoms with van der Waals surface area (Å²) >= 11 is 0. The Morgan fingerprint density at radius 2 is 1.69 bits per heavy atom. The Kier molecular flexibility index (Phi) is 5.84. The molecule has 3 aliphatic heterocycles. The predicted molar refractivity (Wildman–Crippen MR) is 75.7 cm³/mol. The molecule has 6 N–H and O–H groups in total. The first-order valence-electron chi connectivity index (χ1n) is 7.69. The molecule has 0 aromatic carbocycles. The number of ether oxygens (including phenoxy) is 4. The zero-order valence-corrected chi connectivity index (χ0v) is 14.0. The topological polar surface area (TPSA) is 202 Å². The first-order chi connectivity index (χ1) is 12.1. The van der Waals surface area contributed by atoms with E-state index in [4.69, 9.17) is 23.5 Å². The van der Waals surface area contributed by atoms with Crippen LogP contribution >= 0.6 is 0 Å². The van der Waals surface area contributed by atoms with Crippen molar-refractivity contribution in [1.29, 1.82) is 0 Å². The molecule has 0 aliphatic carbocycles. The molecule has 0 aromatic heterocycles. The zero-order valence-electron chi connectivity index (χ0n) is 13.1. The molecule has 3 rings (SSSR count). The second kappa shape index (κ2) is 7.50. The van der Waals surface area contributed by atoms with Crippen molar-refractivity contribution >= 4 is 10.4 Å². The van der Waals surface area contributed by atoms with Crippen molar-refractivity contribution in [2.75, 3.05) is 13.2 Å². The molecular weight excluding hydrogens is 384 g/mol. The standard InChI is InChI=1S/C12H20O13S/c13-1-3-5(14)6(15)7(16)12(23-3)24-8-4-2-21-9(8)10(11(17)22-4)25-26(18,19)20/h3-17H,1-2H2,(H,18,19,20)/t3-,4-,5+,6+,7-,8+,9+,10-,11+,12+/m1/s1. The van der Waals surface area contributed by atoms with Crippen LogP contribution in [0.25, 0.3) is 0 Å². The highest BCUT2D eigenvalue weighted by atomic mass is 32.3. The number of fused-ring (bicyclic) bond motifs is 2. The summed E-state index contributed by atoms with van der Waals surface area (Å²) in [6.45, 7) is -0.780. The van der Waals surface area contributed by atoms with E-state index in [-0.39, 0.29) is 6.61 Å². The lowest BCUT2D eigenvalue weighted by Gasteiger charge is -2.43. The third-order valence-electron chi connectivity index (χ3n) is 4.43. The minimum Gasteiger partial charge on any atom is -0.394 e. The molecule has 152 valence electrons. The van der Waals surface area contributed by atoms with E-state index in [0.717, 1.165) is 0 Å². The number of hydrogen-bond donors (Lipinski definition) is 6. The van der Waals surface area contributed by atoms with Gasteiger partial charge in [0.1, 0.15) is 42.7 Å². The SMILES string of the molecule is O=S(=O)(O)O[C@@H]1[C@H]2OC[C@@H](O[C@@H]1O)[C@@H]2O[C@@H]1O[C@H](CO)[C@H](O)[C@H](O)[C@H]1O. The highest BCUT2D eigenvalue weighted by Gasteiger charge is 2.56. The van der Waals surface area contributed by atoms with E-state index in [9.17, 15) is 34.0 Å². The molecule has 3 saturated heterocycles. The van der Waals surface area contributed by atoms with Gasteiger partial charge in [-0.1, -0.05) is 0 Å². The molecular formula is C12H20O13S. The smallest absolute Gasteiger partial charge is 0.394 e. The molecule has 0 amide bonds. The predicted octanol–water partition coefficient (Wildman–Crippen LogP) is -4.52. The summed E-state index contributed by atoms with van der Waals surface area (Å²) in [5.74, 6) is 0. The minimum atomic E-state index is -4.94. The zero-order chi connectivity index (χ0) is 19.2. The third kappa shape index (κ3) is 3.87. The summed E-state index contributed by atoms with van der Waals surface area (Å²) in [6, 6.07) is 0. The summed E-state index contributed by atoms with van der Waals surface area (Å²) in [7, 11) is -4.94. The molecule has 14 heteroatoms. The summed E-state index contributed by atoms with van der Waals surface area (Å²) in [4.78, 5) is 0. The van der Waals surface area contributed by atoms with Gasteiger partial charge in [-0.25, -0.2) is 4.18 Å². The van der Waals surface area contributed by atoms with E-state index in [1.54, 1.807) is 0 Å². The summed E-state index contributed by atoms with van der Waals surface area (Å²) in [6.07, 6.45) is -14.3. The fourth-order valence-electron chi connectivity index (χ4n) is 3.17. The van der Waals surface area contributed by atoms with E-state index < -0.39 is 78.4 Å². The highest BCUT2D eigenvalue weighted by Crippen LogP contribution is 2.35. The Morgan fingerprint density at radius 1 is 1.00 bits per heavy atom. The Labute approximate surface area is 147 Å². The van der Waals surface area contributed by atoms with Crippen molar-refractivity contribution in [2.45, 2.75) is 61.4 Å². The van der Waals surface area contributed by atoms with Crippen LogP contribution in [0.3, 0.4) is 0 Å². The third-order valence-corrected chi connectivity index (χ3v) is 4.90. The molecule has 0 saturated carbocycles. The average molecular weight is 404 g/mol. The van der Waals surface area contributed by atoms with Gasteiger partial charge >= 0.3 is 10.4 Å². The second-order valence-corrected chi connectivity index (χ2v) is 7.20. The van der Waals surface area contributed by atoms with Crippen LogP contribution in [0.15, 0.2) is 0 Å². The molecule has 26 heavy (non-hydrogen) atoms. The first-order valence-corrected chi connectivity index (χ1v) is 9.05. The molecule has 0 unspecified atom stereocenters. The monoisotopic (exact) mass is 404 g/mol. The number of hydrogen-bond acceptors (Lipinski definition) is 12. The van der Waals surface area contributed by atoms with E-state index in [2.05, 4.69) is 4.18 Å². The summed E-state index contributed by atoms with van der Waals surface area (Å²) in [5, 5.41) is 48.5. The maximum absolute atomic E-state index is 10.9. The Hall–Kier alpha value is -0.490. The van der Waals surface area contributed by atoms with Crippen LogP contribution in [0.2, 0.25) is 0 Å². The van der Waals surface area contributed by atoms with Crippen LogP contribution in [0.5, 0.6) is 0 Å². The lowest BCUT2D eigenvalue weighted by Crippen LogP contribution is -2.62. The Morgan fingerprint density at radius 3 is 2.31 bits per heavy atom. The van der Waals surface area contributed by atoms with Crippen LogP contribution in [0, 0.1) is 0 Å². The lowest BCUT2D eigenvalue weighted by molar-refractivity contribution is -0.335. The van der Waals surface area contributed by atoms with E-state index in [1.807, 2.05) is 0 Å². The van der Waals surface area contributed by atoms with Crippen LogP contribution in [-0.2, 0) is 33.5 Å². The Bertz CT molecular complexity index is 596. The number of aliphatic hydroxyl groups excluding tert-OH is 5. The average Bonchev–Trinajstić information content (AvgIpc) is 2.86. The van der Waals surface area contributed by atoms with Gasteiger partial charge in [0.2, 0.25) is 0 Å². The molecule has 0 spiro atoms. The highest BCUT2D eigenvalue weighted by molar-refractivity contribution is 7.80. The van der Waals surface area contributed by atoms with Gasteiger partial charge in [-0.2, -0.15) is 8.42 Å². The largest absolute Gasteiger partial charge is 0.397 e. The van der Waals surface area contributed by atoms with Gasteiger partial charge in [-0.15, -0.1) is 0 Å². The molecule has 10 atom stereocenters. The molecule has 3 aliphatic rings. The fraction of sp³-hybridized carbons (Fsp3) is 1.00. The molecule has 13 nitrogen and oxygen atoms in total. The molecule has 2 bridgehead atoms. The van der Waals surface area contributed by atoms with Crippen molar-refractivity contribution in [3.05, 3.63) is 0 Å². The van der Waals surface area contributed by atoms with Gasteiger partial charge in [-0.05, 0) is 0 Å². The van der Waals surface area contributed by atoms with E-state index in [0.29, 0.717) is 0 Å². The Balaban J connectivity index is 1.75. The van der Waals surface area contributed by atoms with Gasteiger partial charge < -0.3 is 44.5 Å².